The van der Waals surface area contributed by atoms with E-state index >= 15 is 0 Å². The lowest BCUT2D eigenvalue weighted by Gasteiger charge is -2.25. The number of alkyl halides is 3. The maximum absolute atomic E-state index is 12.5. The number of rotatable bonds is 6. The molecule has 0 saturated carbocycles. The van der Waals surface area contributed by atoms with E-state index < -0.39 is 29.7 Å². The highest BCUT2D eigenvalue weighted by Gasteiger charge is 2.56. The highest BCUT2D eigenvalue weighted by Crippen LogP contribution is 2.58. The fourth-order valence-electron chi connectivity index (χ4n) is 0.848. The average Bonchev–Trinajstić information content (AvgIpc) is 2.11. The van der Waals surface area contributed by atoms with Crippen LogP contribution in [0, 0.1) is 0 Å². The van der Waals surface area contributed by atoms with E-state index in [4.69, 9.17) is 0 Å². The Hall–Kier alpha value is -0.150. The molecule has 0 rings (SSSR count). The van der Waals surface area contributed by atoms with Crippen molar-refractivity contribution >= 4 is 17.7 Å². The molecule has 104 valence electrons. The van der Waals surface area contributed by atoms with Gasteiger partial charge in [0.1, 0.15) is 0 Å². The van der Waals surface area contributed by atoms with Gasteiger partial charge >= 0.3 is 13.8 Å². The van der Waals surface area contributed by atoms with Crippen LogP contribution in [0.5, 0.6) is 0 Å². The summed E-state index contributed by atoms with van der Waals surface area (Å²) in [4.78, 5) is 0. The van der Waals surface area contributed by atoms with Crippen LogP contribution < -0.4 is 0 Å². The molecule has 0 bridgehead atoms. The first kappa shape index (κ1) is 16.9. The van der Waals surface area contributed by atoms with E-state index in [2.05, 4.69) is 13.2 Å². The van der Waals surface area contributed by atoms with Crippen LogP contribution in [0.2, 0.25) is 0 Å². The van der Waals surface area contributed by atoms with Gasteiger partial charge in [-0.25, -0.2) is 4.18 Å². The standard InChI is InChI=1S/C6H12F3O6PS/c1-4-14-16(10,13-2)5(6(7,8)9)15-17(3,11)12/h5H,4H2,1-3H3. The Morgan fingerprint density at radius 2 is 1.82 bits per heavy atom. The second kappa shape index (κ2) is 5.66. The van der Waals surface area contributed by atoms with Crippen LogP contribution >= 0.6 is 7.60 Å². The smallest absolute Gasteiger partial charge is 0.310 e. The van der Waals surface area contributed by atoms with Crippen molar-refractivity contribution in [2.24, 2.45) is 0 Å². The predicted octanol–water partition coefficient (Wildman–Crippen LogP) is 1.73. The summed E-state index contributed by atoms with van der Waals surface area (Å²) >= 11 is 0. The molecule has 6 nitrogen and oxygen atoms in total. The molecule has 0 aliphatic rings. The van der Waals surface area contributed by atoms with Gasteiger partial charge in [0.05, 0.1) is 12.9 Å². The maximum atomic E-state index is 12.5. The van der Waals surface area contributed by atoms with Crippen LogP contribution in [0.15, 0.2) is 0 Å². The number of hydrogen-bond acceptors (Lipinski definition) is 6. The monoisotopic (exact) mass is 300 g/mol. The maximum Gasteiger partial charge on any atom is 0.427 e. The van der Waals surface area contributed by atoms with Crippen LogP contribution in [0.25, 0.3) is 0 Å². The van der Waals surface area contributed by atoms with Crippen molar-refractivity contribution in [3.63, 3.8) is 0 Å². The molecule has 0 heterocycles. The molecule has 0 N–H and O–H groups in total. The second-order valence-electron chi connectivity index (χ2n) is 2.83. The van der Waals surface area contributed by atoms with Gasteiger partial charge in [-0.2, -0.15) is 21.6 Å². The molecular weight excluding hydrogens is 288 g/mol. The van der Waals surface area contributed by atoms with E-state index in [9.17, 15) is 26.2 Å². The Bertz CT molecular complexity index is 391. The molecule has 0 aromatic carbocycles. The summed E-state index contributed by atoms with van der Waals surface area (Å²) in [6.07, 6.45) is -4.80. The van der Waals surface area contributed by atoms with Crippen molar-refractivity contribution < 1.29 is 39.4 Å². The highest BCUT2D eigenvalue weighted by molar-refractivity contribution is 7.86. The molecule has 11 heteroatoms. The molecule has 0 aliphatic carbocycles. The molecule has 0 fully saturated rings. The van der Waals surface area contributed by atoms with Crippen LogP contribution in [-0.2, 0) is 27.9 Å². The fourth-order valence-corrected chi connectivity index (χ4v) is 3.33. The quantitative estimate of drug-likeness (QED) is 0.549. The summed E-state index contributed by atoms with van der Waals surface area (Å²) in [6, 6.07) is 0. The number of hydrogen-bond donors (Lipinski definition) is 0. The van der Waals surface area contributed by atoms with E-state index in [1.54, 1.807) is 0 Å². The molecule has 0 aromatic rings. The molecule has 2 unspecified atom stereocenters. The largest absolute Gasteiger partial charge is 0.427 e. The van der Waals surface area contributed by atoms with Gasteiger partial charge in [0.2, 0.25) is 0 Å². The van der Waals surface area contributed by atoms with Gasteiger partial charge in [-0.1, -0.05) is 0 Å². The van der Waals surface area contributed by atoms with Gasteiger partial charge in [0.15, 0.2) is 0 Å². The van der Waals surface area contributed by atoms with Crippen LogP contribution in [-0.4, -0.2) is 40.4 Å². The number of halogens is 3. The molecule has 0 aliphatic heterocycles. The lowest BCUT2D eigenvalue weighted by Crippen LogP contribution is -2.34. The summed E-state index contributed by atoms with van der Waals surface area (Å²) in [7, 11) is -8.52. The lowest BCUT2D eigenvalue weighted by atomic mass is 10.7. The van der Waals surface area contributed by atoms with Gasteiger partial charge in [-0.3, -0.25) is 4.57 Å². The predicted molar refractivity (Wildman–Crippen MR) is 52.0 cm³/mol. The van der Waals surface area contributed by atoms with Crippen molar-refractivity contribution in [1.29, 1.82) is 0 Å². The van der Waals surface area contributed by atoms with Crippen LogP contribution in [0.3, 0.4) is 0 Å². The Balaban J connectivity index is 5.39. The van der Waals surface area contributed by atoms with Crippen LogP contribution in [0.1, 0.15) is 6.92 Å². The summed E-state index contributed by atoms with van der Waals surface area (Å²) in [6.45, 7) is 0.921. The van der Waals surface area contributed by atoms with E-state index in [0.29, 0.717) is 13.4 Å². The van der Waals surface area contributed by atoms with E-state index in [0.717, 1.165) is 0 Å². The minimum atomic E-state index is -5.20. The molecular formula is C6H12F3O6PS. The second-order valence-corrected chi connectivity index (χ2v) is 6.61. The van der Waals surface area contributed by atoms with Gasteiger partial charge in [-0.15, -0.1) is 0 Å². The topological polar surface area (TPSA) is 78.9 Å². The average molecular weight is 300 g/mol. The minimum Gasteiger partial charge on any atom is -0.310 e. The van der Waals surface area contributed by atoms with Crippen molar-refractivity contribution in [2.45, 2.75) is 18.9 Å². The summed E-state index contributed by atoms with van der Waals surface area (Å²) in [5.74, 6) is -3.17. The van der Waals surface area contributed by atoms with Crippen molar-refractivity contribution in [1.82, 2.24) is 0 Å². The van der Waals surface area contributed by atoms with Gasteiger partial charge < -0.3 is 9.05 Å². The summed E-state index contributed by atoms with van der Waals surface area (Å²) in [5.41, 5.74) is 0. The highest BCUT2D eigenvalue weighted by atomic mass is 32.2. The van der Waals surface area contributed by atoms with Gasteiger partial charge in [0, 0.05) is 7.11 Å². The molecule has 0 radical (unpaired) electrons. The van der Waals surface area contributed by atoms with Gasteiger partial charge in [0.25, 0.3) is 16.0 Å². The Labute approximate surface area is 96.7 Å². The van der Waals surface area contributed by atoms with Gasteiger partial charge in [-0.05, 0) is 6.92 Å². The molecule has 0 spiro atoms. The first-order chi connectivity index (χ1) is 7.46. The lowest BCUT2D eigenvalue weighted by molar-refractivity contribution is -0.173. The Morgan fingerprint density at radius 3 is 2.06 bits per heavy atom. The van der Waals surface area contributed by atoms with Crippen molar-refractivity contribution in [2.75, 3.05) is 20.0 Å². The Morgan fingerprint density at radius 1 is 1.35 bits per heavy atom. The molecule has 0 aromatic heterocycles. The molecule has 0 saturated heterocycles. The Kier molecular flexibility index (Phi) is 5.61. The third kappa shape index (κ3) is 5.35. The third-order valence-electron chi connectivity index (χ3n) is 1.40. The SMILES string of the molecule is CCOP(=O)(OC)C(OS(C)(=O)=O)C(F)(F)F. The molecule has 17 heavy (non-hydrogen) atoms. The first-order valence-electron chi connectivity index (χ1n) is 4.21. The zero-order chi connectivity index (χ0) is 13.9. The van der Waals surface area contributed by atoms with E-state index in [1.165, 1.54) is 6.92 Å². The summed E-state index contributed by atoms with van der Waals surface area (Å²) < 4.78 is 82.9. The normalized spacial score (nSPS) is 18.7. The zero-order valence-corrected chi connectivity index (χ0v) is 10.9. The summed E-state index contributed by atoms with van der Waals surface area (Å²) in [5, 5.41) is 0. The van der Waals surface area contributed by atoms with Crippen molar-refractivity contribution in [3.05, 3.63) is 0 Å². The van der Waals surface area contributed by atoms with E-state index in [1.807, 2.05) is 0 Å². The first-order valence-corrected chi connectivity index (χ1v) is 7.64. The van der Waals surface area contributed by atoms with Crippen LogP contribution in [0.4, 0.5) is 13.2 Å². The minimum absolute atomic E-state index is 0.356. The molecule has 2 atom stereocenters. The third-order valence-corrected chi connectivity index (χ3v) is 4.18. The van der Waals surface area contributed by atoms with E-state index in [-0.39, 0.29) is 6.61 Å². The molecule has 0 amide bonds. The fraction of sp³-hybridized carbons (Fsp3) is 1.00. The zero-order valence-electron chi connectivity index (χ0n) is 9.22. The van der Waals surface area contributed by atoms with Crippen molar-refractivity contribution in [3.8, 4) is 0 Å².